The number of hydrogen-bond acceptors (Lipinski definition) is 6. The van der Waals surface area contributed by atoms with Gasteiger partial charge < -0.3 is 18.9 Å². The van der Waals surface area contributed by atoms with Crippen LogP contribution in [-0.4, -0.2) is 48.0 Å². The van der Waals surface area contributed by atoms with Gasteiger partial charge in [0, 0.05) is 6.92 Å². The van der Waals surface area contributed by atoms with E-state index < -0.39 is 35.3 Å². The maximum absolute atomic E-state index is 12.2. The molecule has 0 amide bonds. The first-order chi connectivity index (χ1) is 10.6. The zero-order valence-corrected chi connectivity index (χ0v) is 13.4. The van der Waals surface area contributed by atoms with Crippen molar-refractivity contribution in [2.24, 2.45) is 0 Å². The minimum absolute atomic E-state index is 0.296. The number of hydrogen-bond donors (Lipinski definition) is 0. The summed E-state index contributed by atoms with van der Waals surface area (Å²) in [6, 6.07) is 8.65. The van der Waals surface area contributed by atoms with Gasteiger partial charge in [0.1, 0.15) is 12.2 Å². The highest BCUT2D eigenvalue weighted by Gasteiger charge is 2.53. The summed E-state index contributed by atoms with van der Waals surface area (Å²) in [5, 5.41) is 0. The Bertz CT molecular complexity index is 562. The molecule has 6 nitrogen and oxygen atoms in total. The van der Waals surface area contributed by atoms with Crippen molar-refractivity contribution in [3.8, 4) is 0 Å². The summed E-state index contributed by atoms with van der Waals surface area (Å²) < 4.78 is 21.9. The summed E-state index contributed by atoms with van der Waals surface area (Å²) in [6.07, 6.45) is -2.28. The van der Waals surface area contributed by atoms with Crippen LogP contribution < -0.4 is 0 Å². The van der Waals surface area contributed by atoms with Crippen molar-refractivity contribution in [1.82, 2.24) is 0 Å². The predicted octanol–water partition coefficient (Wildman–Crippen LogP) is 1.66. The van der Waals surface area contributed by atoms with Gasteiger partial charge in [0.05, 0.1) is 17.0 Å². The molecule has 0 aromatic heterocycles. The third-order valence-electron chi connectivity index (χ3n) is 3.55. The van der Waals surface area contributed by atoms with Crippen LogP contribution in [0.25, 0.3) is 0 Å². The van der Waals surface area contributed by atoms with Crippen LogP contribution in [0, 0.1) is 0 Å². The SMILES string of the molecule is CC(=O)O[C@@H]1[C@@H](Br)[C@H](OC(=O)c2ccccc2)[C@H]2OC[C@@H]1O2. The van der Waals surface area contributed by atoms with Crippen LogP contribution in [0.2, 0.25) is 0 Å². The largest absolute Gasteiger partial charge is 0.458 e. The highest BCUT2D eigenvalue weighted by molar-refractivity contribution is 9.09. The number of halogens is 1. The van der Waals surface area contributed by atoms with Gasteiger partial charge in [-0.25, -0.2) is 4.79 Å². The minimum atomic E-state index is -0.698. The van der Waals surface area contributed by atoms with Crippen LogP contribution in [0.15, 0.2) is 30.3 Å². The zero-order valence-electron chi connectivity index (χ0n) is 11.8. The van der Waals surface area contributed by atoms with E-state index in [1.54, 1.807) is 24.3 Å². The zero-order chi connectivity index (χ0) is 15.7. The van der Waals surface area contributed by atoms with Gasteiger partial charge in [0.15, 0.2) is 12.4 Å². The molecule has 2 fully saturated rings. The van der Waals surface area contributed by atoms with E-state index >= 15 is 0 Å². The first kappa shape index (κ1) is 15.5. The molecule has 0 aliphatic carbocycles. The molecule has 0 radical (unpaired) electrons. The molecule has 2 bridgehead atoms. The Morgan fingerprint density at radius 2 is 1.91 bits per heavy atom. The summed E-state index contributed by atoms with van der Waals surface area (Å²) in [5.74, 6) is -0.897. The molecule has 22 heavy (non-hydrogen) atoms. The van der Waals surface area contributed by atoms with Gasteiger partial charge in [-0.1, -0.05) is 34.1 Å². The van der Waals surface area contributed by atoms with E-state index in [0.29, 0.717) is 12.2 Å². The summed E-state index contributed by atoms with van der Waals surface area (Å²) >= 11 is 3.46. The molecule has 7 heteroatoms. The molecule has 0 saturated carbocycles. The molecule has 1 aromatic carbocycles. The average Bonchev–Trinajstić information content (AvgIpc) is 2.95. The number of ether oxygens (including phenoxy) is 4. The fourth-order valence-corrected chi connectivity index (χ4v) is 3.35. The summed E-state index contributed by atoms with van der Waals surface area (Å²) in [6.45, 7) is 1.62. The molecule has 0 spiro atoms. The van der Waals surface area contributed by atoms with Crippen LogP contribution in [0.1, 0.15) is 17.3 Å². The molecular formula is C15H15BrO6. The van der Waals surface area contributed by atoms with E-state index in [1.807, 2.05) is 6.07 Å². The number of carbonyl (C=O) groups excluding carboxylic acids is 2. The van der Waals surface area contributed by atoms with Crippen LogP contribution >= 0.6 is 15.9 Å². The Morgan fingerprint density at radius 1 is 1.18 bits per heavy atom. The first-order valence-corrected chi connectivity index (χ1v) is 7.82. The van der Waals surface area contributed by atoms with Crippen molar-refractivity contribution in [1.29, 1.82) is 0 Å². The first-order valence-electron chi connectivity index (χ1n) is 6.90. The minimum Gasteiger partial charge on any atom is -0.458 e. The van der Waals surface area contributed by atoms with Gasteiger partial charge >= 0.3 is 11.9 Å². The lowest BCUT2D eigenvalue weighted by atomic mass is 10.0. The molecule has 2 saturated heterocycles. The standard InChI is InChI=1S/C15H15BrO6/c1-8(17)20-12-10-7-19-15(21-10)13(11(12)16)22-14(18)9-5-3-2-4-6-9/h2-6,10-13,15H,7H2,1H3/t10-,11+,12-,13-,15-/m0/s1. The van der Waals surface area contributed by atoms with E-state index in [2.05, 4.69) is 15.9 Å². The molecule has 2 aliphatic rings. The fourth-order valence-electron chi connectivity index (χ4n) is 2.55. The molecule has 5 atom stereocenters. The van der Waals surface area contributed by atoms with Crippen molar-refractivity contribution in [3.05, 3.63) is 35.9 Å². The van der Waals surface area contributed by atoms with E-state index in [1.165, 1.54) is 6.92 Å². The summed E-state index contributed by atoms with van der Waals surface area (Å²) in [5.41, 5.74) is 0.436. The Balaban J connectivity index is 1.74. The van der Waals surface area contributed by atoms with Gasteiger partial charge in [0.25, 0.3) is 0 Å². The maximum atomic E-state index is 12.2. The van der Waals surface area contributed by atoms with E-state index in [4.69, 9.17) is 18.9 Å². The third-order valence-corrected chi connectivity index (χ3v) is 4.59. The van der Waals surface area contributed by atoms with E-state index in [-0.39, 0.29) is 6.10 Å². The van der Waals surface area contributed by atoms with E-state index in [0.717, 1.165) is 0 Å². The van der Waals surface area contributed by atoms with Crippen molar-refractivity contribution in [2.75, 3.05) is 6.61 Å². The number of benzene rings is 1. The van der Waals surface area contributed by atoms with Crippen molar-refractivity contribution in [2.45, 2.75) is 36.4 Å². The molecule has 2 aliphatic heterocycles. The smallest absolute Gasteiger partial charge is 0.338 e. The Kier molecular flexibility index (Phi) is 4.46. The second-order valence-corrected chi connectivity index (χ2v) is 6.19. The number of carbonyl (C=O) groups is 2. The van der Waals surface area contributed by atoms with Crippen LogP contribution in [0.5, 0.6) is 0 Å². The maximum Gasteiger partial charge on any atom is 0.338 e. The van der Waals surface area contributed by atoms with Crippen LogP contribution in [-0.2, 0) is 23.7 Å². The lowest BCUT2D eigenvalue weighted by Crippen LogP contribution is -2.54. The quantitative estimate of drug-likeness (QED) is 0.595. The van der Waals surface area contributed by atoms with Crippen molar-refractivity contribution in [3.63, 3.8) is 0 Å². The molecule has 2 heterocycles. The molecule has 1 aromatic rings. The summed E-state index contributed by atoms with van der Waals surface area (Å²) in [4.78, 5) is 23.0. The topological polar surface area (TPSA) is 71.1 Å². The Labute approximate surface area is 135 Å². The molecule has 0 unspecified atom stereocenters. The highest BCUT2D eigenvalue weighted by atomic mass is 79.9. The molecule has 0 N–H and O–H groups in total. The number of alkyl halides is 1. The normalized spacial score (nSPS) is 33.3. The highest BCUT2D eigenvalue weighted by Crippen LogP contribution is 2.36. The fraction of sp³-hybridized carbons (Fsp3) is 0.467. The van der Waals surface area contributed by atoms with E-state index in [9.17, 15) is 9.59 Å². The predicted molar refractivity (Wildman–Crippen MR) is 78.5 cm³/mol. The average molecular weight is 371 g/mol. The van der Waals surface area contributed by atoms with Gasteiger partial charge in [-0.3, -0.25) is 4.79 Å². The Hall–Kier alpha value is -1.44. The second-order valence-electron chi connectivity index (χ2n) is 5.13. The van der Waals surface area contributed by atoms with Gasteiger partial charge in [-0.05, 0) is 12.1 Å². The molecule has 118 valence electrons. The lowest BCUT2D eigenvalue weighted by Gasteiger charge is -2.36. The van der Waals surface area contributed by atoms with Gasteiger partial charge in [-0.2, -0.15) is 0 Å². The number of fused-ring (bicyclic) bond motifs is 2. The summed E-state index contributed by atoms with van der Waals surface area (Å²) in [7, 11) is 0. The lowest BCUT2D eigenvalue weighted by molar-refractivity contribution is -0.191. The molecule has 3 rings (SSSR count). The van der Waals surface area contributed by atoms with Crippen LogP contribution in [0.3, 0.4) is 0 Å². The van der Waals surface area contributed by atoms with Crippen molar-refractivity contribution >= 4 is 27.9 Å². The van der Waals surface area contributed by atoms with Gasteiger partial charge in [0.2, 0.25) is 0 Å². The van der Waals surface area contributed by atoms with Crippen molar-refractivity contribution < 1.29 is 28.5 Å². The van der Waals surface area contributed by atoms with Crippen LogP contribution in [0.4, 0.5) is 0 Å². The number of esters is 2. The Morgan fingerprint density at radius 3 is 2.59 bits per heavy atom. The third kappa shape index (κ3) is 3.02. The van der Waals surface area contributed by atoms with Gasteiger partial charge in [-0.15, -0.1) is 0 Å². The number of rotatable bonds is 3. The monoisotopic (exact) mass is 370 g/mol. The molecular weight excluding hydrogens is 356 g/mol. The second kappa shape index (κ2) is 6.36.